The first-order chi connectivity index (χ1) is 5.81. The van der Waals surface area contributed by atoms with Crippen LogP contribution >= 0.6 is 0 Å². The molecule has 2 N–H and O–H groups in total. The van der Waals surface area contributed by atoms with Gasteiger partial charge in [-0.05, 0) is 57.3 Å². The Morgan fingerprint density at radius 3 is 2.09 bits per heavy atom. The van der Waals surface area contributed by atoms with Crippen molar-refractivity contribution in [2.45, 2.75) is 25.7 Å². The molecule has 2 nitrogen and oxygen atoms in total. The van der Waals surface area contributed by atoms with Crippen molar-refractivity contribution in [3.05, 3.63) is 0 Å². The van der Waals surface area contributed by atoms with Crippen LogP contribution in [-0.2, 0) is 0 Å². The number of hydrogen-bond donors (Lipinski definition) is 2. The van der Waals surface area contributed by atoms with E-state index >= 15 is 0 Å². The van der Waals surface area contributed by atoms with Crippen molar-refractivity contribution in [1.29, 1.82) is 0 Å². The van der Waals surface area contributed by atoms with Crippen LogP contribution in [0.15, 0.2) is 0 Å². The van der Waals surface area contributed by atoms with Gasteiger partial charge in [0.2, 0.25) is 0 Å². The van der Waals surface area contributed by atoms with E-state index in [0.29, 0.717) is 5.41 Å². The van der Waals surface area contributed by atoms with Crippen LogP contribution in [0.1, 0.15) is 25.7 Å². The van der Waals surface area contributed by atoms with Gasteiger partial charge in [0.15, 0.2) is 0 Å². The second kappa shape index (κ2) is 3.11. The fraction of sp³-hybridized carbons (Fsp3) is 1.00. The summed E-state index contributed by atoms with van der Waals surface area (Å²) in [6, 6.07) is 0. The zero-order valence-corrected chi connectivity index (χ0v) is 7.10. The highest BCUT2D eigenvalue weighted by molar-refractivity contribution is 4.88. The van der Waals surface area contributed by atoms with Gasteiger partial charge in [0.05, 0.1) is 0 Å². The molecule has 2 aliphatic heterocycles. The molecule has 2 aliphatic rings. The fourth-order valence-electron chi connectivity index (χ4n) is 2.33. The van der Waals surface area contributed by atoms with Crippen molar-refractivity contribution in [1.82, 2.24) is 10.6 Å². The van der Waals surface area contributed by atoms with E-state index in [1.807, 2.05) is 0 Å². The maximum Gasteiger partial charge on any atom is 0.122 e. The van der Waals surface area contributed by atoms with Crippen LogP contribution < -0.4 is 10.6 Å². The third kappa shape index (κ3) is 1.57. The van der Waals surface area contributed by atoms with Gasteiger partial charge < -0.3 is 10.6 Å². The Bertz CT molecular complexity index is 145. The Morgan fingerprint density at radius 1 is 0.909 bits per heavy atom. The molecule has 0 aromatic rings. The highest BCUT2D eigenvalue weighted by Gasteiger charge is 2.32. The van der Waals surface area contributed by atoms with Crippen molar-refractivity contribution in [3.63, 3.8) is 0 Å². The van der Waals surface area contributed by atoms with Gasteiger partial charge in [-0.3, -0.25) is 0 Å². The van der Waals surface area contributed by atoms with E-state index in [4.69, 9.17) is 1.41 Å². The molecule has 0 unspecified atom stereocenters. The lowest BCUT2D eigenvalue weighted by molar-refractivity contribution is 0.144. The Morgan fingerprint density at radius 2 is 1.45 bits per heavy atom. The van der Waals surface area contributed by atoms with Gasteiger partial charge in [0, 0.05) is 0 Å². The maximum atomic E-state index is 7.49. The van der Waals surface area contributed by atoms with E-state index in [1.165, 1.54) is 38.8 Å². The fourth-order valence-corrected chi connectivity index (χ4v) is 2.33. The molecule has 64 valence electrons. The number of hydrogen-bond acceptors (Lipinski definition) is 2. The Labute approximate surface area is 70.2 Å². The highest BCUT2D eigenvalue weighted by Crippen LogP contribution is 2.37. The summed E-state index contributed by atoms with van der Waals surface area (Å²) in [5.41, 5.74) is 0.614. The molecule has 0 aliphatic carbocycles. The minimum atomic E-state index is 0.614. The first kappa shape index (κ1) is 6.44. The molecule has 0 aromatic carbocycles. The van der Waals surface area contributed by atoms with Gasteiger partial charge in [0.1, 0.15) is 1.41 Å². The van der Waals surface area contributed by atoms with E-state index in [0.717, 1.165) is 13.1 Å². The van der Waals surface area contributed by atoms with Gasteiger partial charge in [0.25, 0.3) is 0 Å². The van der Waals surface area contributed by atoms with Crippen LogP contribution in [0.5, 0.6) is 0 Å². The molecule has 2 fully saturated rings. The summed E-state index contributed by atoms with van der Waals surface area (Å²) < 4.78 is 7.49. The second-order valence-electron chi connectivity index (χ2n) is 3.92. The molecule has 2 saturated heterocycles. The zero-order chi connectivity index (χ0) is 8.44. The molecular formula is C9H18N2. The number of nitrogens with one attached hydrogen (secondary N) is 2. The smallest absolute Gasteiger partial charge is 0.122 e. The van der Waals surface area contributed by atoms with Gasteiger partial charge in [-0.2, -0.15) is 0 Å². The molecule has 0 aromatic heterocycles. The minimum absolute atomic E-state index is 0.614. The summed E-state index contributed by atoms with van der Waals surface area (Å²) in [6.07, 6.45) is 5.16. The predicted octanol–water partition coefficient (Wildman–Crippen LogP) is 0.740. The average Bonchev–Trinajstić information content (AvgIpc) is 2.13. The van der Waals surface area contributed by atoms with E-state index in [9.17, 15) is 0 Å². The first-order valence-corrected chi connectivity index (χ1v) is 4.75. The van der Waals surface area contributed by atoms with Crippen LogP contribution in [0.3, 0.4) is 0 Å². The molecule has 0 saturated carbocycles. The van der Waals surface area contributed by atoms with Crippen molar-refractivity contribution >= 4 is 0 Å². The predicted molar refractivity (Wildman–Crippen MR) is 46.6 cm³/mol. The molecule has 2 heteroatoms. The quantitative estimate of drug-likeness (QED) is 0.539. The Balaban J connectivity index is 1.92. The molecule has 2 rings (SSSR count). The van der Waals surface area contributed by atoms with Gasteiger partial charge in [-0.15, -0.1) is 0 Å². The summed E-state index contributed by atoms with van der Waals surface area (Å²) in [5.74, 6) is 0. The standard InChI is InChI=1S/C9H18N2/c1-5-10-6-2-9(1)3-7-11-8-4-9/h10-11H,1-8H2/i/hD. The monoisotopic (exact) mass is 155 g/mol. The molecule has 2 heterocycles. The maximum absolute atomic E-state index is 7.49. The third-order valence-corrected chi connectivity index (χ3v) is 3.26. The molecule has 1 spiro atoms. The Hall–Kier alpha value is -0.0800. The summed E-state index contributed by atoms with van der Waals surface area (Å²) in [6.45, 7) is 4.36. The largest absolute Gasteiger partial charge is 0.317 e. The van der Waals surface area contributed by atoms with E-state index in [-0.39, 0.29) is 0 Å². The lowest BCUT2D eigenvalue weighted by atomic mass is 9.72. The van der Waals surface area contributed by atoms with Crippen LogP contribution in [0.4, 0.5) is 0 Å². The first-order valence-electron chi connectivity index (χ1n) is 5.20. The van der Waals surface area contributed by atoms with Crippen molar-refractivity contribution < 1.29 is 1.41 Å². The number of rotatable bonds is 0. The molecule has 0 bridgehead atoms. The van der Waals surface area contributed by atoms with E-state index in [2.05, 4.69) is 5.32 Å². The second-order valence-corrected chi connectivity index (χ2v) is 3.92. The third-order valence-electron chi connectivity index (χ3n) is 3.26. The van der Waals surface area contributed by atoms with Crippen molar-refractivity contribution in [2.75, 3.05) is 26.2 Å². The van der Waals surface area contributed by atoms with E-state index in [1.54, 1.807) is 5.31 Å². The van der Waals surface area contributed by atoms with Gasteiger partial charge in [-0.1, -0.05) is 0 Å². The molecule has 0 atom stereocenters. The van der Waals surface area contributed by atoms with Crippen LogP contribution in [0, 0.1) is 5.41 Å². The number of piperidine rings is 2. The minimum Gasteiger partial charge on any atom is -0.317 e. The van der Waals surface area contributed by atoms with Gasteiger partial charge in [-0.25, -0.2) is 0 Å². The average molecular weight is 155 g/mol. The highest BCUT2D eigenvalue weighted by atomic mass is 14.9. The van der Waals surface area contributed by atoms with Crippen LogP contribution in [0.25, 0.3) is 0 Å². The summed E-state index contributed by atoms with van der Waals surface area (Å²) >= 11 is 0. The molecular weight excluding hydrogens is 136 g/mol. The lowest BCUT2D eigenvalue weighted by Gasteiger charge is -2.41. The SMILES string of the molecule is [2H]N1CCC2(CCNCC2)CC1. The Kier molecular flexibility index (Phi) is 1.82. The van der Waals surface area contributed by atoms with Crippen LogP contribution in [-0.4, -0.2) is 26.2 Å². The van der Waals surface area contributed by atoms with Crippen molar-refractivity contribution in [2.24, 2.45) is 5.41 Å². The summed E-state index contributed by atoms with van der Waals surface area (Å²) in [5, 5.41) is 5.12. The zero-order valence-electron chi connectivity index (χ0n) is 8.10. The topological polar surface area (TPSA) is 24.1 Å². The van der Waals surface area contributed by atoms with Crippen molar-refractivity contribution in [3.8, 4) is 0 Å². The normalized spacial score (nSPS) is 33.6. The molecule has 0 amide bonds. The molecule has 11 heavy (non-hydrogen) atoms. The molecule has 0 radical (unpaired) electrons. The summed E-state index contributed by atoms with van der Waals surface area (Å²) in [7, 11) is 0. The summed E-state index contributed by atoms with van der Waals surface area (Å²) in [4.78, 5) is 0. The van der Waals surface area contributed by atoms with Gasteiger partial charge >= 0.3 is 0 Å². The lowest BCUT2D eigenvalue weighted by Crippen LogP contribution is -2.43. The van der Waals surface area contributed by atoms with E-state index < -0.39 is 0 Å². The van der Waals surface area contributed by atoms with Crippen LogP contribution in [0.2, 0.25) is 1.41 Å².